The first-order valence-corrected chi connectivity index (χ1v) is 7.94. The zero-order valence-corrected chi connectivity index (χ0v) is 12.7. The maximum absolute atomic E-state index is 2.59. The monoisotopic (exact) mass is 236 g/mol. The summed E-state index contributed by atoms with van der Waals surface area (Å²) in [4.78, 5) is 0. The molecule has 0 N–H and O–H groups in total. The molecule has 0 heteroatoms. The van der Waals surface area contributed by atoms with Gasteiger partial charge in [-0.1, -0.05) is 53.9 Å². The van der Waals surface area contributed by atoms with Gasteiger partial charge in [0.15, 0.2) is 0 Å². The van der Waals surface area contributed by atoms with Gasteiger partial charge in [-0.2, -0.15) is 0 Å². The Hall–Kier alpha value is 0. The number of rotatable bonds is 2. The van der Waals surface area contributed by atoms with Gasteiger partial charge < -0.3 is 0 Å². The Morgan fingerprint density at radius 3 is 2.18 bits per heavy atom. The quantitative estimate of drug-likeness (QED) is 0.580. The zero-order chi connectivity index (χ0) is 12.7. The molecule has 2 saturated carbocycles. The van der Waals surface area contributed by atoms with E-state index < -0.39 is 0 Å². The van der Waals surface area contributed by atoms with Gasteiger partial charge in [0.25, 0.3) is 0 Å². The van der Waals surface area contributed by atoms with Gasteiger partial charge in [-0.05, 0) is 54.3 Å². The summed E-state index contributed by atoms with van der Waals surface area (Å²) in [7, 11) is 0. The average Bonchev–Trinajstić information content (AvgIpc) is 2.31. The fourth-order valence-corrected chi connectivity index (χ4v) is 4.98. The second kappa shape index (κ2) is 4.59. The van der Waals surface area contributed by atoms with Crippen molar-refractivity contribution in [3.63, 3.8) is 0 Å². The molecule has 0 heterocycles. The van der Waals surface area contributed by atoms with E-state index in [1.807, 2.05) is 0 Å². The summed E-state index contributed by atoms with van der Waals surface area (Å²) < 4.78 is 0. The molecule has 2 rings (SSSR count). The molecule has 0 saturated heterocycles. The summed E-state index contributed by atoms with van der Waals surface area (Å²) in [6.45, 7) is 12.5. The van der Waals surface area contributed by atoms with Crippen LogP contribution in [0.3, 0.4) is 0 Å². The first kappa shape index (κ1) is 13.4. The Kier molecular flexibility index (Phi) is 3.63. The van der Waals surface area contributed by atoms with E-state index in [1.165, 1.54) is 44.9 Å². The van der Waals surface area contributed by atoms with Crippen LogP contribution in [0.15, 0.2) is 0 Å². The number of hydrogen-bond acceptors (Lipinski definition) is 0. The molecule has 100 valence electrons. The second-order valence-electron chi connectivity index (χ2n) is 7.67. The van der Waals surface area contributed by atoms with Gasteiger partial charge in [0, 0.05) is 0 Å². The number of hydrogen-bond donors (Lipinski definition) is 0. The van der Waals surface area contributed by atoms with Gasteiger partial charge in [0.05, 0.1) is 0 Å². The normalized spacial score (nSPS) is 46.9. The predicted octanol–water partition coefficient (Wildman–Crippen LogP) is 5.67. The largest absolute Gasteiger partial charge is 0.0649 e. The minimum absolute atomic E-state index is 0.625. The van der Waals surface area contributed by atoms with Gasteiger partial charge in [-0.3, -0.25) is 0 Å². The standard InChI is InChI=1S/C17H32/c1-6-16(4)11-7-10-15-14(16)9-8-12-17(15,5)13(2)3/h13-15H,6-12H2,1-5H3. The van der Waals surface area contributed by atoms with Crippen molar-refractivity contribution < 1.29 is 0 Å². The lowest BCUT2D eigenvalue weighted by molar-refractivity contribution is -0.0749. The topological polar surface area (TPSA) is 0 Å². The highest BCUT2D eigenvalue weighted by atomic mass is 14.6. The van der Waals surface area contributed by atoms with E-state index in [-0.39, 0.29) is 0 Å². The first-order chi connectivity index (χ1) is 7.94. The van der Waals surface area contributed by atoms with Crippen molar-refractivity contribution in [1.29, 1.82) is 0 Å². The molecule has 2 aliphatic carbocycles. The maximum atomic E-state index is 2.59. The molecule has 0 nitrogen and oxygen atoms in total. The molecule has 4 atom stereocenters. The fraction of sp³-hybridized carbons (Fsp3) is 1.00. The van der Waals surface area contributed by atoms with E-state index in [0.717, 1.165) is 17.8 Å². The van der Waals surface area contributed by atoms with Crippen molar-refractivity contribution in [2.24, 2.45) is 28.6 Å². The molecule has 0 bridgehead atoms. The lowest BCUT2D eigenvalue weighted by atomic mass is 9.48. The van der Waals surface area contributed by atoms with Gasteiger partial charge >= 0.3 is 0 Å². The smallest absolute Gasteiger partial charge is 0.0272 e. The van der Waals surface area contributed by atoms with Gasteiger partial charge in [0.1, 0.15) is 0 Å². The molecular formula is C17H32. The van der Waals surface area contributed by atoms with E-state index >= 15 is 0 Å². The van der Waals surface area contributed by atoms with Crippen LogP contribution in [0.1, 0.15) is 79.6 Å². The summed E-state index contributed by atoms with van der Waals surface area (Å²) in [5.74, 6) is 2.88. The van der Waals surface area contributed by atoms with Crippen LogP contribution in [0.25, 0.3) is 0 Å². The summed E-state index contributed by atoms with van der Waals surface area (Å²) in [6.07, 6.45) is 10.3. The third-order valence-electron chi connectivity index (χ3n) is 6.85. The van der Waals surface area contributed by atoms with Crippen LogP contribution >= 0.6 is 0 Å². The Morgan fingerprint density at radius 1 is 1.00 bits per heavy atom. The van der Waals surface area contributed by atoms with E-state index in [1.54, 1.807) is 0 Å². The van der Waals surface area contributed by atoms with Gasteiger partial charge in [-0.15, -0.1) is 0 Å². The highest BCUT2D eigenvalue weighted by Gasteiger charge is 2.51. The van der Waals surface area contributed by atoms with Crippen molar-refractivity contribution in [2.75, 3.05) is 0 Å². The number of fused-ring (bicyclic) bond motifs is 1. The van der Waals surface area contributed by atoms with Crippen LogP contribution in [0, 0.1) is 28.6 Å². The molecule has 0 aromatic rings. The summed E-state index contributed by atoms with van der Waals surface area (Å²) in [5.41, 5.74) is 1.28. The molecule has 0 radical (unpaired) electrons. The first-order valence-electron chi connectivity index (χ1n) is 7.94. The molecule has 2 aliphatic rings. The fourth-order valence-electron chi connectivity index (χ4n) is 4.98. The van der Waals surface area contributed by atoms with Crippen molar-refractivity contribution >= 4 is 0 Å². The molecule has 4 unspecified atom stereocenters. The van der Waals surface area contributed by atoms with E-state index in [0.29, 0.717) is 10.8 Å². The summed E-state index contributed by atoms with van der Waals surface area (Å²) >= 11 is 0. The Bertz CT molecular complexity index is 267. The molecule has 0 spiro atoms. The van der Waals surface area contributed by atoms with Crippen molar-refractivity contribution in [3.05, 3.63) is 0 Å². The zero-order valence-electron chi connectivity index (χ0n) is 12.7. The highest BCUT2D eigenvalue weighted by molar-refractivity contribution is 5.00. The molecule has 2 fully saturated rings. The SMILES string of the molecule is CCC1(C)CCCC2C1CCCC2(C)C(C)C. The van der Waals surface area contributed by atoms with Crippen LogP contribution in [0.2, 0.25) is 0 Å². The van der Waals surface area contributed by atoms with Crippen LogP contribution in [0.5, 0.6) is 0 Å². The van der Waals surface area contributed by atoms with Crippen molar-refractivity contribution in [2.45, 2.75) is 79.6 Å². The molecule has 17 heavy (non-hydrogen) atoms. The summed E-state index contributed by atoms with van der Waals surface area (Å²) in [6, 6.07) is 0. The Morgan fingerprint density at radius 2 is 1.59 bits per heavy atom. The van der Waals surface area contributed by atoms with E-state index in [2.05, 4.69) is 34.6 Å². The van der Waals surface area contributed by atoms with Crippen LogP contribution in [-0.4, -0.2) is 0 Å². The third-order valence-corrected chi connectivity index (χ3v) is 6.85. The Labute approximate surface area is 109 Å². The Balaban J connectivity index is 2.27. The lowest BCUT2D eigenvalue weighted by Gasteiger charge is -2.57. The second-order valence-corrected chi connectivity index (χ2v) is 7.67. The average molecular weight is 236 g/mol. The minimum atomic E-state index is 0.625. The van der Waals surface area contributed by atoms with Crippen LogP contribution in [0.4, 0.5) is 0 Å². The maximum Gasteiger partial charge on any atom is -0.0272 e. The van der Waals surface area contributed by atoms with Gasteiger partial charge in [-0.25, -0.2) is 0 Å². The van der Waals surface area contributed by atoms with Crippen molar-refractivity contribution in [3.8, 4) is 0 Å². The van der Waals surface area contributed by atoms with Crippen LogP contribution in [-0.2, 0) is 0 Å². The molecule has 0 aromatic carbocycles. The molecular weight excluding hydrogens is 204 g/mol. The van der Waals surface area contributed by atoms with E-state index in [4.69, 9.17) is 0 Å². The molecule has 0 aliphatic heterocycles. The third kappa shape index (κ3) is 2.06. The van der Waals surface area contributed by atoms with Crippen LogP contribution < -0.4 is 0 Å². The van der Waals surface area contributed by atoms with E-state index in [9.17, 15) is 0 Å². The highest BCUT2D eigenvalue weighted by Crippen LogP contribution is 2.60. The molecule has 0 aromatic heterocycles. The molecule has 0 amide bonds. The predicted molar refractivity (Wildman–Crippen MR) is 76.0 cm³/mol. The minimum Gasteiger partial charge on any atom is -0.0649 e. The summed E-state index contributed by atoms with van der Waals surface area (Å²) in [5, 5.41) is 0. The van der Waals surface area contributed by atoms with Crippen molar-refractivity contribution in [1.82, 2.24) is 0 Å². The van der Waals surface area contributed by atoms with Gasteiger partial charge in [0.2, 0.25) is 0 Å². The lowest BCUT2D eigenvalue weighted by Crippen LogP contribution is -2.48.